The lowest BCUT2D eigenvalue weighted by molar-refractivity contribution is -0.138. The number of unbranched alkanes of at least 4 members (excludes halogenated alkanes) is 1. The van der Waals surface area contributed by atoms with E-state index in [9.17, 15) is 14.4 Å². The molecule has 0 saturated carbocycles. The SMILES string of the molecule is CCNC(=O)CN(CC)C(=O)CCCCC(=O)O. The van der Waals surface area contributed by atoms with Gasteiger partial charge in [0.1, 0.15) is 0 Å². The van der Waals surface area contributed by atoms with E-state index in [-0.39, 0.29) is 24.8 Å². The summed E-state index contributed by atoms with van der Waals surface area (Å²) in [5.74, 6) is -1.12. The number of aliphatic carboxylic acids is 1. The maximum atomic E-state index is 11.8. The highest BCUT2D eigenvalue weighted by Crippen LogP contribution is 2.03. The van der Waals surface area contributed by atoms with Crippen LogP contribution in [0.3, 0.4) is 0 Å². The van der Waals surface area contributed by atoms with E-state index in [1.165, 1.54) is 4.90 Å². The van der Waals surface area contributed by atoms with Crippen LogP contribution in [0.2, 0.25) is 0 Å². The average Bonchev–Trinajstić information content (AvgIpc) is 2.31. The minimum Gasteiger partial charge on any atom is -0.481 e. The zero-order valence-corrected chi connectivity index (χ0v) is 11.1. The molecule has 18 heavy (non-hydrogen) atoms. The van der Waals surface area contributed by atoms with Gasteiger partial charge in [-0.1, -0.05) is 0 Å². The maximum Gasteiger partial charge on any atom is 0.303 e. The van der Waals surface area contributed by atoms with Crippen molar-refractivity contribution in [3.63, 3.8) is 0 Å². The van der Waals surface area contributed by atoms with E-state index in [1.807, 2.05) is 13.8 Å². The smallest absolute Gasteiger partial charge is 0.303 e. The van der Waals surface area contributed by atoms with Gasteiger partial charge in [-0.05, 0) is 26.7 Å². The van der Waals surface area contributed by atoms with Crippen molar-refractivity contribution in [2.75, 3.05) is 19.6 Å². The molecule has 0 spiro atoms. The molecule has 0 aliphatic carbocycles. The van der Waals surface area contributed by atoms with Gasteiger partial charge in [0.15, 0.2) is 0 Å². The van der Waals surface area contributed by atoms with E-state index in [2.05, 4.69) is 5.32 Å². The molecule has 0 aromatic rings. The summed E-state index contributed by atoms with van der Waals surface area (Å²) in [7, 11) is 0. The zero-order valence-electron chi connectivity index (χ0n) is 11.1. The Kier molecular flexibility index (Phi) is 8.61. The van der Waals surface area contributed by atoms with Crippen molar-refractivity contribution in [1.82, 2.24) is 10.2 Å². The van der Waals surface area contributed by atoms with Crippen molar-refractivity contribution < 1.29 is 19.5 Å². The van der Waals surface area contributed by atoms with Gasteiger partial charge in [0.05, 0.1) is 6.54 Å². The van der Waals surface area contributed by atoms with E-state index in [0.29, 0.717) is 32.4 Å². The molecule has 2 amide bonds. The molecule has 0 bridgehead atoms. The molecule has 0 aromatic carbocycles. The molecule has 0 heterocycles. The van der Waals surface area contributed by atoms with Crippen molar-refractivity contribution in [3.05, 3.63) is 0 Å². The van der Waals surface area contributed by atoms with Crippen LogP contribution in [-0.4, -0.2) is 47.4 Å². The highest BCUT2D eigenvalue weighted by molar-refractivity contribution is 5.84. The second kappa shape index (κ2) is 9.44. The van der Waals surface area contributed by atoms with E-state index in [1.54, 1.807) is 0 Å². The molecule has 0 aromatic heterocycles. The van der Waals surface area contributed by atoms with Crippen molar-refractivity contribution in [2.45, 2.75) is 39.5 Å². The van der Waals surface area contributed by atoms with Crippen LogP contribution in [0.4, 0.5) is 0 Å². The summed E-state index contributed by atoms with van der Waals surface area (Å²) in [6.07, 6.45) is 1.40. The molecule has 0 fully saturated rings. The first-order chi connectivity index (χ1) is 8.51. The molecule has 0 atom stereocenters. The number of carboxylic acid groups (broad SMARTS) is 1. The predicted octanol–water partition coefficient (Wildman–Crippen LogP) is 0.616. The fourth-order valence-corrected chi connectivity index (χ4v) is 1.51. The molecule has 0 aliphatic heterocycles. The topological polar surface area (TPSA) is 86.7 Å². The van der Waals surface area contributed by atoms with Crippen LogP contribution in [0.15, 0.2) is 0 Å². The summed E-state index contributed by atoms with van der Waals surface area (Å²) in [5.41, 5.74) is 0. The second-order valence-electron chi connectivity index (χ2n) is 3.96. The third-order valence-corrected chi connectivity index (χ3v) is 2.47. The number of amides is 2. The van der Waals surface area contributed by atoms with Crippen molar-refractivity contribution in [2.24, 2.45) is 0 Å². The Morgan fingerprint density at radius 3 is 2.22 bits per heavy atom. The highest BCUT2D eigenvalue weighted by atomic mass is 16.4. The summed E-state index contributed by atoms with van der Waals surface area (Å²) < 4.78 is 0. The molecule has 0 rings (SSSR count). The Bertz CT molecular complexity index is 292. The number of hydrogen-bond donors (Lipinski definition) is 2. The monoisotopic (exact) mass is 258 g/mol. The number of carbonyl (C=O) groups excluding carboxylic acids is 2. The first-order valence-electron chi connectivity index (χ1n) is 6.27. The standard InChI is InChI=1S/C12H22N2O4/c1-3-13-10(15)9-14(4-2)11(16)7-5-6-8-12(17)18/h3-9H2,1-2H3,(H,13,15)(H,17,18). The number of hydrogen-bond acceptors (Lipinski definition) is 3. The lowest BCUT2D eigenvalue weighted by Crippen LogP contribution is -2.40. The lowest BCUT2D eigenvalue weighted by atomic mass is 10.2. The number of carboxylic acids is 1. The van der Waals surface area contributed by atoms with E-state index in [0.717, 1.165) is 0 Å². The average molecular weight is 258 g/mol. The molecule has 0 aliphatic rings. The van der Waals surface area contributed by atoms with E-state index >= 15 is 0 Å². The van der Waals surface area contributed by atoms with Crippen LogP contribution < -0.4 is 5.32 Å². The van der Waals surface area contributed by atoms with Crippen LogP contribution in [0.25, 0.3) is 0 Å². The summed E-state index contributed by atoms with van der Waals surface area (Å²) in [6, 6.07) is 0. The second-order valence-corrected chi connectivity index (χ2v) is 3.96. The molecule has 0 saturated heterocycles. The van der Waals surface area contributed by atoms with Crippen LogP contribution in [0, 0.1) is 0 Å². The van der Waals surface area contributed by atoms with Gasteiger partial charge in [0.2, 0.25) is 11.8 Å². The van der Waals surface area contributed by atoms with Gasteiger partial charge in [-0.15, -0.1) is 0 Å². The molecule has 0 radical (unpaired) electrons. The molecule has 6 heteroatoms. The quantitative estimate of drug-likeness (QED) is 0.593. The third kappa shape index (κ3) is 7.65. The van der Waals surface area contributed by atoms with Crippen LogP contribution >= 0.6 is 0 Å². The fraction of sp³-hybridized carbons (Fsp3) is 0.750. The molecule has 6 nitrogen and oxygen atoms in total. The minimum absolute atomic E-state index is 0.0715. The van der Waals surface area contributed by atoms with Gasteiger partial charge in [-0.25, -0.2) is 0 Å². The van der Waals surface area contributed by atoms with Crippen molar-refractivity contribution in [1.29, 1.82) is 0 Å². The maximum absolute atomic E-state index is 11.8. The van der Waals surface area contributed by atoms with Crippen LogP contribution in [0.1, 0.15) is 39.5 Å². The van der Waals surface area contributed by atoms with Gasteiger partial charge in [-0.2, -0.15) is 0 Å². The number of rotatable bonds is 9. The van der Waals surface area contributed by atoms with Crippen LogP contribution in [0.5, 0.6) is 0 Å². The highest BCUT2D eigenvalue weighted by Gasteiger charge is 2.14. The van der Waals surface area contributed by atoms with E-state index < -0.39 is 5.97 Å². The summed E-state index contributed by atoms with van der Waals surface area (Å²) in [4.78, 5) is 34.9. The van der Waals surface area contributed by atoms with Crippen molar-refractivity contribution in [3.8, 4) is 0 Å². The lowest BCUT2D eigenvalue weighted by Gasteiger charge is -2.20. The molecular weight excluding hydrogens is 236 g/mol. The molecular formula is C12H22N2O4. The Morgan fingerprint density at radius 2 is 1.72 bits per heavy atom. The Balaban J connectivity index is 3.95. The zero-order chi connectivity index (χ0) is 14.0. The summed E-state index contributed by atoms with van der Waals surface area (Å²) >= 11 is 0. The van der Waals surface area contributed by atoms with Crippen molar-refractivity contribution >= 4 is 17.8 Å². The first-order valence-corrected chi connectivity index (χ1v) is 6.27. The number of nitrogens with zero attached hydrogens (tertiary/aromatic N) is 1. The predicted molar refractivity (Wildman–Crippen MR) is 67.0 cm³/mol. The van der Waals surface area contributed by atoms with E-state index in [4.69, 9.17) is 5.11 Å². The molecule has 104 valence electrons. The van der Waals surface area contributed by atoms with Gasteiger partial charge in [0, 0.05) is 25.9 Å². The van der Waals surface area contributed by atoms with Gasteiger partial charge < -0.3 is 15.3 Å². The van der Waals surface area contributed by atoms with Gasteiger partial charge in [-0.3, -0.25) is 14.4 Å². The van der Waals surface area contributed by atoms with Gasteiger partial charge in [0.25, 0.3) is 0 Å². The Hall–Kier alpha value is -1.59. The number of likely N-dealkylation sites (N-methyl/N-ethyl adjacent to an activating group) is 2. The Labute approximate surface area is 107 Å². The normalized spacial score (nSPS) is 9.89. The fourth-order valence-electron chi connectivity index (χ4n) is 1.51. The summed E-state index contributed by atoms with van der Waals surface area (Å²) in [6.45, 7) is 4.73. The summed E-state index contributed by atoms with van der Waals surface area (Å²) in [5, 5.41) is 11.1. The number of carbonyl (C=O) groups is 3. The van der Waals surface area contributed by atoms with Gasteiger partial charge >= 0.3 is 5.97 Å². The molecule has 0 unspecified atom stereocenters. The minimum atomic E-state index is -0.850. The number of nitrogens with one attached hydrogen (secondary N) is 1. The third-order valence-electron chi connectivity index (χ3n) is 2.47. The first kappa shape index (κ1) is 16.4. The molecule has 2 N–H and O–H groups in total. The Morgan fingerprint density at radius 1 is 1.11 bits per heavy atom. The largest absolute Gasteiger partial charge is 0.481 e. The van der Waals surface area contributed by atoms with Crippen LogP contribution in [-0.2, 0) is 14.4 Å².